The Kier molecular flexibility index (Phi) is 6.92. The van der Waals surface area contributed by atoms with E-state index in [1.807, 2.05) is 13.8 Å². The van der Waals surface area contributed by atoms with Crippen molar-refractivity contribution >= 4 is 0 Å². The van der Waals surface area contributed by atoms with Crippen molar-refractivity contribution in [3.63, 3.8) is 0 Å². The summed E-state index contributed by atoms with van der Waals surface area (Å²) in [7, 11) is 0. The maximum Gasteiger partial charge on any atom is 0.401 e. The number of nitrogens with one attached hydrogen (secondary N) is 1. The van der Waals surface area contributed by atoms with Crippen LogP contribution in [-0.4, -0.2) is 43.3 Å². The fourth-order valence-corrected chi connectivity index (χ4v) is 1.48. The summed E-state index contributed by atoms with van der Waals surface area (Å²) in [6, 6.07) is -0.0318. The molecule has 1 unspecified atom stereocenters. The Balaban J connectivity index is 3.93. The van der Waals surface area contributed by atoms with Crippen molar-refractivity contribution in [2.24, 2.45) is 0 Å². The predicted octanol–water partition coefficient (Wildman–Crippen LogP) is 2.26. The van der Waals surface area contributed by atoms with E-state index in [4.69, 9.17) is 0 Å². The summed E-state index contributed by atoms with van der Waals surface area (Å²) in [5, 5.41) is 3.11. The first-order valence-corrected chi connectivity index (χ1v) is 5.42. The molecule has 0 aromatic heterocycles. The number of halogens is 3. The largest absolute Gasteiger partial charge is 0.401 e. The van der Waals surface area contributed by atoms with E-state index in [-0.39, 0.29) is 6.04 Å². The minimum absolute atomic E-state index is 0.0318. The van der Waals surface area contributed by atoms with Crippen molar-refractivity contribution in [2.45, 2.75) is 39.4 Å². The number of hydrogen-bond acceptors (Lipinski definition) is 2. The molecule has 0 aliphatic carbocycles. The number of hydrogen-bond donors (Lipinski definition) is 1. The molecule has 0 rings (SSSR count). The van der Waals surface area contributed by atoms with Gasteiger partial charge in [-0.25, -0.2) is 0 Å². The maximum absolute atomic E-state index is 12.2. The van der Waals surface area contributed by atoms with Gasteiger partial charge in [0.25, 0.3) is 0 Å². The Hall–Kier alpha value is -0.290. The van der Waals surface area contributed by atoms with Crippen molar-refractivity contribution in [3.8, 4) is 0 Å². The highest BCUT2D eigenvalue weighted by atomic mass is 19.4. The van der Waals surface area contributed by atoms with Crippen LogP contribution >= 0.6 is 0 Å². The van der Waals surface area contributed by atoms with Crippen LogP contribution in [-0.2, 0) is 0 Å². The highest BCUT2D eigenvalue weighted by Crippen LogP contribution is 2.18. The Bertz CT molecular complexity index is 159. The molecule has 0 aromatic carbocycles. The lowest BCUT2D eigenvalue weighted by atomic mass is 10.2. The van der Waals surface area contributed by atoms with Crippen LogP contribution in [0.2, 0.25) is 0 Å². The quantitative estimate of drug-likeness (QED) is 0.670. The Labute approximate surface area is 89.8 Å². The van der Waals surface area contributed by atoms with Crippen LogP contribution in [0.4, 0.5) is 13.2 Å². The molecular weight excluding hydrogens is 205 g/mol. The molecule has 15 heavy (non-hydrogen) atoms. The Morgan fingerprint density at radius 2 is 1.87 bits per heavy atom. The monoisotopic (exact) mass is 226 g/mol. The van der Waals surface area contributed by atoms with Gasteiger partial charge >= 0.3 is 6.18 Å². The molecule has 0 saturated carbocycles. The first-order chi connectivity index (χ1) is 6.90. The molecule has 0 amide bonds. The molecule has 0 bridgehead atoms. The predicted molar refractivity (Wildman–Crippen MR) is 55.9 cm³/mol. The van der Waals surface area contributed by atoms with Crippen LogP contribution in [0.15, 0.2) is 0 Å². The molecule has 0 aromatic rings. The summed E-state index contributed by atoms with van der Waals surface area (Å²) < 4.78 is 36.6. The average molecular weight is 226 g/mol. The third-order valence-electron chi connectivity index (χ3n) is 2.40. The maximum atomic E-state index is 12.2. The van der Waals surface area contributed by atoms with Crippen molar-refractivity contribution in [1.29, 1.82) is 0 Å². The SMILES string of the molecule is CCNCCC(C)N(CC)CC(F)(F)F. The third-order valence-corrected chi connectivity index (χ3v) is 2.40. The van der Waals surface area contributed by atoms with Crippen molar-refractivity contribution in [2.75, 3.05) is 26.2 Å². The standard InChI is InChI=1S/C10H21F3N2/c1-4-14-7-6-9(3)15(5-2)8-10(11,12)13/h9,14H,4-8H2,1-3H3. The van der Waals surface area contributed by atoms with Crippen LogP contribution < -0.4 is 5.32 Å². The van der Waals surface area contributed by atoms with E-state index in [0.29, 0.717) is 6.54 Å². The molecule has 0 aliphatic heterocycles. The lowest BCUT2D eigenvalue weighted by Crippen LogP contribution is -2.41. The second kappa shape index (κ2) is 7.06. The van der Waals surface area contributed by atoms with Crippen LogP contribution in [0, 0.1) is 0 Å². The van der Waals surface area contributed by atoms with Gasteiger partial charge in [0, 0.05) is 6.04 Å². The van der Waals surface area contributed by atoms with E-state index >= 15 is 0 Å². The molecule has 0 radical (unpaired) electrons. The van der Waals surface area contributed by atoms with Gasteiger partial charge < -0.3 is 5.32 Å². The average Bonchev–Trinajstić information content (AvgIpc) is 2.13. The van der Waals surface area contributed by atoms with E-state index in [0.717, 1.165) is 19.5 Å². The highest BCUT2D eigenvalue weighted by Gasteiger charge is 2.31. The fourth-order valence-electron chi connectivity index (χ4n) is 1.48. The zero-order valence-corrected chi connectivity index (χ0v) is 9.69. The van der Waals surface area contributed by atoms with Crippen LogP contribution in [0.5, 0.6) is 0 Å². The fraction of sp³-hybridized carbons (Fsp3) is 1.00. The van der Waals surface area contributed by atoms with Gasteiger partial charge in [0.15, 0.2) is 0 Å². The molecule has 0 saturated heterocycles. The van der Waals surface area contributed by atoms with Crippen molar-refractivity contribution in [3.05, 3.63) is 0 Å². The molecular formula is C10H21F3N2. The number of alkyl halides is 3. The highest BCUT2D eigenvalue weighted by molar-refractivity contribution is 4.70. The van der Waals surface area contributed by atoms with Crippen molar-refractivity contribution < 1.29 is 13.2 Å². The second-order valence-corrected chi connectivity index (χ2v) is 3.67. The summed E-state index contributed by atoms with van der Waals surface area (Å²) in [5.74, 6) is 0. The first kappa shape index (κ1) is 14.7. The first-order valence-electron chi connectivity index (χ1n) is 5.42. The molecule has 92 valence electrons. The smallest absolute Gasteiger partial charge is 0.317 e. The topological polar surface area (TPSA) is 15.3 Å². The summed E-state index contributed by atoms with van der Waals surface area (Å²) in [4.78, 5) is 1.46. The van der Waals surface area contributed by atoms with E-state index in [2.05, 4.69) is 5.32 Å². The van der Waals surface area contributed by atoms with Gasteiger partial charge in [0.1, 0.15) is 0 Å². The molecule has 2 nitrogen and oxygen atoms in total. The molecule has 0 fully saturated rings. The van der Waals surface area contributed by atoms with Gasteiger partial charge in [-0.2, -0.15) is 13.2 Å². The second-order valence-electron chi connectivity index (χ2n) is 3.67. The molecule has 1 N–H and O–H groups in total. The molecule has 0 spiro atoms. The minimum atomic E-state index is -4.09. The van der Waals surface area contributed by atoms with Crippen LogP contribution in [0.25, 0.3) is 0 Å². The zero-order valence-electron chi connectivity index (χ0n) is 9.69. The van der Waals surface area contributed by atoms with Gasteiger partial charge in [-0.15, -0.1) is 0 Å². The number of nitrogens with zero attached hydrogens (tertiary/aromatic N) is 1. The summed E-state index contributed by atoms with van der Waals surface area (Å²) in [6.07, 6.45) is -3.35. The minimum Gasteiger partial charge on any atom is -0.317 e. The van der Waals surface area contributed by atoms with E-state index in [1.54, 1.807) is 6.92 Å². The van der Waals surface area contributed by atoms with Gasteiger partial charge in [-0.1, -0.05) is 13.8 Å². The summed E-state index contributed by atoms with van der Waals surface area (Å²) in [5.41, 5.74) is 0. The van der Waals surface area contributed by atoms with Gasteiger partial charge in [0.05, 0.1) is 6.54 Å². The van der Waals surface area contributed by atoms with E-state index < -0.39 is 12.7 Å². The summed E-state index contributed by atoms with van der Waals surface area (Å²) >= 11 is 0. The lowest BCUT2D eigenvalue weighted by Gasteiger charge is -2.28. The van der Waals surface area contributed by atoms with Gasteiger partial charge in [-0.3, -0.25) is 4.90 Å². The normalized spacial score (nSPS) is 14.6. The van der Waals surface area contributed by atoms with Crippen molar-refractivity contribution in [1.82, 2.24) is 10.2 Å². The van der Waals surface area contributed by atoms with Gasteiger partial charge in [0.2, 0.25) is 0 Å². The molecule has 0 aliphatic rings. The van der Waals surface area contributed by atoms with Crippen LogP contribution in [0.3, 0.4) is 0 Å². The van der Waals surface area contributed by atoms with Crippen LogP contribution in [0.1, 0.15) is 27.2 Å². The molecule has 5 heteroatoms. The van der Waals surface area contributed by atoms with Gasteiger partial charge in [-0.05, 0) is 33.0 Å². The Morgan fingerprint density at radius 1 is 1.27 bits per heavy atom. The van der Waals surface area contributed by atoms with E-state index in [9.17, 15) is 13.2 Å². The zero-order chi connectivity index (χ0) is 11.9. The number of rotatable bonds is 7. The molecule has 0 heterocycles. The summed E-state index contributed by atoms with van der Waals surface area (Å²) in [6.45, 7) is 6.84. The Morgan fingerprint density at radius 3 is 2.27 bits per heavy atom. The lowest BCUT2D eigenvalue weighted by molar-refractivity contribution is -0.149. The molecule has 1 atom stereocenters. The van der Waals surface area contributed by atoms with E-state index in [1.165, 1.54) is 4.90 Å². The third kappa shape index (κ3) is 7.62.